The van der Waals surface area contributed by atoms with Crippen molar-refractivity contribution in [2.75, 3.05) is 21.3 Å². The topological polar surface area (TPSA) is 63.2 Å². The Morgan fingerprint density at radius 1 is 0.721 bits per heavy atom. The first kappa shape index (κ1) is 28.7. The van der Waals surface area contributed by atoms with Gasteiger partial charge in [-0.05, 0) is 60.4 Å². The molecule has 1 saturated carbocycles. The SMILES string of the molecule is COc1ccc([C@]23CCC(=O)[C@H](O2)C2(O3)/C(=C/C=C/c3ccccc3OC)CC/C2=C\C=C\c2ccccc2OC)cc1. The van der Waals surface area contributed by atoms with Gasteiger partial charge in [0.25, 0.3) is 0 Å². The maximum absolute atomic E-state index is 13.6. The molecular weight excluding hydrogens is 540 g/mol. The molecule has 1 aliphatic carbocycles. The van der Waals surface area contributed by atoms with Crippen molar-refractivity contribution in [3.8, 4) is 17.2 Å². The molecule has 2 bridgehead atoms. The Balaban J connectivity index is 1.43. The van der Waals surface area contributed by atoms with E-state index in [1.54, 1.807) is 21.3 Å². The molecule has 2 saturated heterocycles. The molecule has 0 aromatic heterocycles. The number of para-hydroxylation sites is 2. The molecule has 2 aliphatic heterocycles. The number of methoxy groups -OCH3 is 3. The third-order valence-electron chi connectivity index (χ3n) is 8.57. The summed E-state index contributed by atoms with van der Waals surface area (Å²) < 4.78 is 30.3. The van der Waals surface area contributed by atoms with Gasteiger partial charge in [-0.1, -0.05) is 72.9 Å². The van der Waals surface area contributed by atoms with Crippen molar-refractivity contribution in [2.24, 2.45) is 0 Å². The number of Topliss-reactive ketones (excluding diaryl/α,β-unsaturated/α-hetero) is 1. The van der Waals surface area contributed by atoms with Gasteiger partial charge in [0.2, 0.25) is 0 Å². The first-order valence-corrected chi connectivity index (χ1v) is 14.6. The minimum Gasteiger partial charge on any atom is -0.497 e. The van der Waals surface area contributed by atoms with Crippen molar-refractivity contribution in [1.82, 2.24) is 0 Å². The lowest BCUT2D eigenvalue weighted by Gasteiger charge is -2.31. The molecule has 43 heavy (non-hydrogen) atoms. The number of ether oxygens (including phenoxy) is 5. The Morgan fingerprint density at radius 2 is 1.28 bits per heavy atom. The van der Waals surface area contributed by atoms with Crippen LogP contribution in [0, 0.1) is 0 Å². The predicted octanol–water partition coefficient (Wildman–Crippen LogP) is 7.46. The summed E-state index contributed by atoms with van der Waals surface area (Å²) in [7, 11) is 4.98. The molecule has 0 radical (unpaired) electrons. The second kappa shape index (κ2) is 12.1. The van der Waals surface area contributed by atoms with Crippen LogP contribution in [-0.2, 0) is 20.1 Å². The lowest BCUT2D eigenvalue weighted by Crippen LogP contribution is -2.45. The van der Waals surface area contributed by atoms with E-state index in [1.807, 2.05) is 97.1 Å². The molecule has 3 aromatic carbocycles. The van der Waals surface area contributed by atoms with Gasteiger partial charge >= 0.3 is 0 Å². The Kier molecular flexibility index (Phi) is 8.06. The second-order valence-electron chi connectivity index (χ2n) is 10.9. The highest BCUT2D eigenvalue weighted by Crippen LogP contribution is 2.59. The molecule has 3 aromatic rings. The van der Waals surface area contributed by atoms with E-state index >= 15 is 0 Å². The monoisotopic (exact) mass is 576 g/mol. The van der Waals surface area contributed by atoms with Crippen LogP contribution in [0.15, 0.2) is 108 Å². The van der Waals surface area contributed by atoms with Crippen LogP contribution in [0.4, 0.5) is 0 Å². The van der Waals surface area contributed by atoms with Gasteiger partial charge in [0.15, 0.2) is 17.7 Å². The first-order valence-electron chi connectivity index (χ1n) is 14.6. The largest absolute Gasteiger partial charge is 0.497 e. The number of carbonyl (C=O) groups excluding carboxylic acids is 1. The van der Waals surface area contributed by atoms with Crippen LogP contribution in [0.1, 0.15) is 42.4 Å². The van der Waals surface area contributed by atoms with Crippen molar-refractivity contribution in [3.05, 3.63) is 125 Å². The highest BCUT2D eigenvalue weighted by atomic mass is 16.8. The lowest BCUT2D eigenvalue weighted by molar-refractivity contribution is -0.205. The van der Waals surface area contributed by atoms with Crippen LogP contribution in [0.5, 0.6) is 17.2 Å². The molecule has 2 heterocycles. The van der Waals surface area contributed by atoms with Gasteiger partial charge in [-0.2, -0.15) is 0 Å². The van der Waals surface area contributed by atoms with E-state index < -0.39 is 17.5 Å². The maximum Gasteiger partial charge on any atom is 0.197 e. The molecular formula is C37H36O6. The molecule has 6 heteroatoms. The van der Waals surface area contributed by atoms with Gasteiger partial charge in [0, 0.05) is 29.5 Å². The second-order valence-corrected chi connectivity index (χ2v) is 10.9. The van der Waals surface area contributed by atoms with E-state index in [2.05, 4.69) is 12.2 Å². The zero-order valence-electron chi connectivity index (χ0n) is 24.7. The summed E-state index contributed by atoms with van der Waals surface area (Å²) in [5.74, 6) is 1.37. The highest BCUT2D eigenvalue weighted by Gasteiger charge is 2.66. The van der Waals surface area contributed by atoms with Gasteiger partial charge in [-0.3, -0.25) is 4.79 Å². The van der Waals surface area contributed by atoms with E-state index in [0.29, 0.717) is 12.8 Å². The van der Waals surface area contributed by atoms with Crippen molar-refractivity contribution >= 4 is 17.9 Å². The van der Waals surface area contributed by atoms with Gasteiger partial charge < -0.3 is 23.7 Å². The van der Waals surface area contributed by atoms with Gasteiger partial charge in [0.1, 0.15) is 22.8 Å². The molecule has 3 fully saturated rings. The Labute approximate surface area is 252 Å². The summed E-state index contributed by atoms with van der Waals surface area (Å²) >= 11 is 0. The minimum absolute atomic E-state index is 0.0581. The summed E-state index contributed by atoms with van der Waals surface area (Å²) in [6.45, 7) is 0. The average Bonchev–Trinajstić information content (AvgIpc) is 3.55. The molecule has 0 unspecified atom stereocenters. The molecule has 220 valence electrons. The quantitative estimate of drug-likeness (QED) is 0.278. The number of hydrogen-bond donors (Lipinski definition) is 0. The predicted molar refractivity (Wildman–Crippen MR) is 167 cm³/mol. The Morgan fingerprint density at radius 3 is 1.81 bits per heavy atom. The number of carbonyl (C=O) groups is 1. The van der Waals surface area contributed by atoms with Crippen LogP contribution in [0.2, 0.25) is 0 Å². The first-order chi connectivity index (χ1) is 21.0. The maximum atomic E-state index is 13.6. The number of rotatable bonds is 8. The van der Waals surface area contributed by atoms with Crippen molar-refractivity contribution in [2.45, 2.75) is 43.2 Å². The fourth-order valence-corrected chi connectivity index (χ4v) is 6.42. The Bertz CT molecular complexity index is 1540. The number of hydrogen-bond acceptors (Lipinski definition) is 6. The summed E-state index contributed by atoms with van der Waals surface area (Å²) in [4.78, 5) is 13.6. The Hall–Kier alpha value is -4.39. The summed E-state index contributed by atoms with van der Waals surface area (Å²) in [5.41, 5.74) is 3.85. The van der Waals surface area contributed by atoms with Crippen LogP contribution in [-0.4, -0.2) is 38.8 Å². The van der Waals surface area contributed by atoms with Crippen molar-refractivity contribution < 1.29 is 28.5 Å². The lowest BCUT2D eigenvalue weighted by atomic mass is 9.83. The van der Waals surface area contributed by atoms with Crippen molar-refractivity contribution in [1.29, 1.82) is 0 Å². The van der Waals surface area contributed by atoms with Gasteiger partial charge in [0.05, 0.1) is 21.3 Å². The zero-order chi connectivity index (χ0) is 29.9. The molecule has 6 rings (SSSR count). The summed E-state index contributed by atoms with van der Waals surface area (Å²) in [5, 5.41) is 0. The fraction of sp³-hybridized carbons (Fsp3) is 0.270. The van der Waals surface area contributed by atoms with Crippen LogP contribution in [0.3, 0.4) is 0 Å². The average molecular weight is 577 g/mol. The van der Waals surface area contributed by atoms with Crippen LogP contribution >= 0.6 is 0 Å². The van der Waals surface area contributed by atoms with Gasteiger partial charge in [-0.25, -0.2) is 0 Å². The molecule has 2 atom stereocenters. The third-order valence-corrected chi connectivity index (χ3v) is 8.57. The molecule has 6 nitrogen and oxygen atoms in total. The minimum atomic E-state index is -1.04. The normalized spacial score (nSPS) is 26.8. The molecule has 3 aliphatic rings. The zero-order valence-corrected chi connectivity index (χ0v) is 24.7. The fourth-order valence-electron chi connectivity index (χ4n) is 6.42. The van der Waals surface area contributed by atoms with E-state index in [1.165, 1.54) is 0 Å². The molecule has 0 amide bonds. The number of benzene rings is 3. The van der Waals surface area contributed by atoms with E-state index in [0.717, 1.165) is 57.9 Å². The van der Waals surface area contributed by atoms with Crippen LogP contribution < -0.4 is 14.2 Å². The highest BCUT2D eigenvalue weighted by molar-refractivity contribution is 5.88. The standard InChI is InChI=1S/C37H36O6/c1-39-31-22-20-28(21-23-31)36-25-24-32(38)35(42-36)37(43-36)29(14-8-12-26-10-4-6-16-33(26)40-2)18-19-30(37)15-9-13-27-11-5-7-17-34(27)41-3/h4-17,20-23,35H,18-19,24-25H2,1-3H3/b12-8+,13-9+,29-14+,30-15+/t35-,36+/m0/s1. The molecule has 0 N–H and O–H groups in total. The van der Waals surface area contributed by atoms with Crippen LogP contribution in [0.25, 0.3) is 12.2 Å². The molecule has 1 spiro atoms. The number of ketones is 1. The van der Waals surface area contributed by atoms with E-state index in [4.69, 9.17) is 23.7 Å². The smallest absolute Gasteiger partial charge is 0.197 e. The van der Waals surface area contributed by atoms with Crippen molar-refractivity contribution in [3.63, 3.8) is 0 Å². The summed E-state index contributed by atoms with van der Waals surface area (Å²) in [6.07, 6.45) is 13.8. The van der Waals surface area contributed by atoms with Gasteiger partial charge in [-0.15, -0.1) is 0 Å². The third kappa shape index (κ3) is 5.22. The summed E-state index contributed by atoms with van der Waals surface area (Å²) in [6, 6.07) is 23.5. The number of allylic oxidation sites excluding steroid dienone is 4. The van der Waals surface area contributed by atoms with E-state index in [9.17, 15) is 4.79 Å². The van der Waals surface area contributed by atoms with E-state index in [-0.39, 0.29) is 5.78 Å². The number of fused-ring (bicyclic) bond motifs is 3.